The van der Waals surface area contributed by atoms with Gasteiger partial charge in [-0.3, -0.25) is 4.98 Å². The monoisotopic (exact) mass is 298 g/mol. The molecule has 2 nitrogen and oxygen atoms in total. The van der Waals surface area contributed by atoms with Gasteiger partial charge in [0.2, 0.25) is 0 Å². The molecule has 0 aliphatic heterocycles. The molecule has 96 valence electrons. The Morgan fingerprint density at radius 2 is 2.12 bits per heavy atom. The molecule has 1 heterocycles. The van der Waals surface area contributed by atoms with Crippen molar-refractivity contribution in [3.8, 4) is 0 Å². The van der Waals surface area contributed by atoms with Crippen molar-refractivity contribution in [1.82, 2.24) is 10.3 Å². The third-order valence-electron chi connectivity index (χ3n) is 3.11. The number of nitrogens with one attached hydrogen (secondary N) is 1. The van der Waals surface area contributed by atoms with Crippen LogP contribution in [0.15, 0.2) is 22.8 Å². The van der Waals surface area contributed by atoms with Crippen LogP contribution < -0.4 is 5.32 Å². The molecule has 1 aromatic heterocycles. The van der Waals surface area contributed by atoms with E-state index in [2.05, 4.69) is 59.1 Å². The number of halogens is 1. The van der Waals surface area contributed by atoms with Crippen LogP contribution >= 0.6 is 15.9 Å². The lowest BCUT2D eigenvalue weighted by atomic mass is 9.93. The van der Waals surface area contributed by atoms with Crippen LogP contribution in [0.25, 0.3) is 0 Å². The molecule has 3 heteroatoms. The minimum Gasteiger partial charge on any atom is -0.314 e. The van der Waals surface area contributed by atoms with Crippen LogP contribution in [0.1, 0.15) is 39.3 Å². The highest BCUT2D eigenvalue weighted by atomic mass is 79.9. The number of nitrogens with zero attached hydrogens (tertiary/aromatic N) is 1. The highest BCUT2D eigenvalue weighted by Crippen LogP contribution is 2.15. The number of pyridine rings is 1. The summed E-state index contributed by atoms with van der Waals surface area (Å²) >= 11 is 3.42. The van der Waals surface area contributed by atoms with Gasteiger partial charge in [-0.2, -0.15) is 0 Å². The summed E-state index contributed by atoms with van der Waals surface area (Å²) in [4.78, 5) is 4.46. The second-order valence-corrected chi connectivity index (χ2v) is 5.52. The molecule has 0 fully saturated rings. The van der Waals surface area contributed by atoms with Crippen molar-refractivity contribution in [2.45, 2.75) is 46.1 Å². The van der Waals surface area contributed by atoms with Gasteiger partial charge in [-0.05, 0) is 46.9 Å². The summed E-state index contributed by atoms with van der Waals surface area (Å²) in [5.74, 6) is 0.699. The van der Waals surface area contributed by atoms with E-state index in [1.54, 1.807) is 0 Å². The van der Waals surface area contributed by atoms with Gasteiger partial charge >= 0.3 is 0 Å². The molecule has 0 spiro atoms. The van der Waals surface area contributed by atoms with Crippen LogP contribution in [-0.4, -0.2) is 17.6 Å². The lowest BCUT2D eigenvalue weighted by Crippen LogP contribution is -2.37. The van der Waals surface area contributed by atoms with E-state index in [-0.39, 0.29) is 0 Å². The molecule has 0 aliphatic carbocycles. The number of hydrogen-bond acceptors (Lipinski definition) is 2. The largest absolute Gasteiger partial charge is 0.314 e. The van der Waals surface area contributed by atoms with E-state index in [9.17, 15) is 0 Å². The van der Waals surface area contributed by atoms with Crippen LogP contribution in [0.2, 0.25) is 0 Å². The average molecular weight is 299 g/mol. The first-order valence-corrected chi connectivity index (χ1v) is 7.30. The van der Waals surface area contributed by atoms with E-state index in [0.29, 0.717) is 12.0 Å². The van der Waals surface area contributed by atoms with Gasteiger partial charge < -0.3 is 5.32 Å². The molecule has 2 atom stereocenters. The molecule has 0 amide bonds. The molecular formula is C14H23BrN2. The van der Waals surface area contributed by atoms with Crippen LogP contribution in [0.5, 0.6) is 0 Å². The summed E-state index contributed by atoms with van der Waals surface area (Å²) in [7, 11) is 0. The Labute approximate surface area is 113 Å². The van der Waals surface area contributed by atoms with Gasteiger partial charge in [0.05, 0.1) is 0 Å². The fraction of sp³-hybridized carbons (Fsp3) is 0.643. The van der Waals surface area contributed by atoms with Crippen molar-refractivity contribution in [1.29, 1.82) is 0 Å². The summed E-state index contributed by atoms with van der Waals surface area (Å²) in [5, 5.41) is 3.58. The Kier molecular flexibility index (Phi) is 6.75. The molecule has 1 rings (SSSR count). The van der Waals surface area contributed by atoms with Crippen LogP contribution in [-0.2, 0) is 6.42 Å². The van der Waals surface area contributed by atoms with Gasteiger partial charge in [0.15, 0.2) is 0 Å². The number of aromatic nitrogens is 1. The summed E-state index contributed by atoms with van der Waals surface area (Å²) in [6.07, 6.45) is 5.41. The summed E-state index contributed by atoms with van der Waals surface area (Å²) in [6.45, 7) is 7.77. The molecule has 0 aliphatic rings. The van der Waals surface area contributed by atoms with Gasteiger partial charge in [0, 0.05) is 28.8 Å². The van der Waals surface area contributed by atoms with Crippen molar-refractivity contribution in [3.63, 3.8) is 0 Å². The quantitative estimate of drug-likeness (QED) is 0.828. The maximum atomic E-state index is 4.46. The number of rotatable bonds is 7. The SMILES string of the molecule is CCCC(C)C(Cc1ccc(Br)cn1)NCC. The van der Waals surface area contributed by atoms with E-state index in [4.69, 9.17) is 0 Å². The maximum Gasteiger partial charge on any atom is 0.0420 e. The maximum absolute atomic E-state index is 4.46. The second-order valence-electron chi connectivity index (χ2n) is 4.60. The average Bonchev–Trinajstić information content (AvgIpc) is 2.31. The molecule has 0 saturated carbocycles. The first-order chi connectivity index (χ1) is 8.17. The topological polar surface area (TPSA) is 24.9 Å². The highest BCUT2D eigenvalue weighted by Gasteiger charge is 2.16. The standard InChI is InChI=1S/C14H23BrN2/c1-4-6-11(3)14(16-5-2)9-13-8-7-12(15)10-17-13/h7-8,10-11,14,16H,4-6,9H2,1-3H3. The third kappa shape index (κ3) is 5.17. The van der Waals surface area contributed by atoms with Gasteiger partial charge in [-0.1, -0.05) is 27.2 Å². The molecular weight excluding hydrogens is 276 g/mol. The third-order valence-corrected chi connectivity index (χ3v) is 3.58. The zero-order valence-corrected chi connectivity index (χ0v) is 12.6. The second kappa shape index (κ2) is 7.83. The molecule has 17 heavy (non-hydrogen) atoms. The van der Waals surface area contributed by atoms with Gasteiger partial charge in [-0.25, -0.2) is 0 Å². The minimum absolute atomic E-state index is 0.536. The molecule has 0 saturated heterocycles. The van der Waals surface area contributed by atoms with Crippen molar-refractivity contribution in [2.75, 3.05) is 6.54 Å². The molecule has 0 radical (unpaired) electrons. The Morgan fingerprint density at radius 1 is 1.35 bits per heavy atom. The molecule has 0 aromatic carbocycles. The number of hydrogen-bond donors (Lipinski definition) is 1. The fourth-order valence-corrected chi connectivity index (χ4v) is 2.38. The Morgan fingerprint density at radius 3 is 2.65 bits per heavy atom. The predicted octanol–water partition coefficient (Wildman–Crippen LogP) is 3.80. The Bertz CT molecular complexity index is 311. The first-order valence-electron chi connectivity index (χ1n) is 6.51. The van der Waals surface area contributed by atoms with Crippen molar-refractivity contribution in [3.05, 3.63) is 28.5 Å². The lowest BCUT2D eigenvalue weighted by molar-refractivity contribution is 0.356. The predicted molar refractivity (Wildman–Crippen MR) is 77.2 cm³/mol. The zero-order chi connectivity index (χ0) is 12.7. The van der Waals surface area contributed by atoms with Crippen molar-refractivity contribution in [2.24, 2.45) is 5.92 Å². The van der Waals surface area contributed by atoms with E-state index in [0.717, 1.165) is 17.4 Å². The summed E-state index contributed by atoms with van der Waals surface area (Å²) in [5.41, 5.74) is 1.17. The van der Waals surface area contributed by atoms with Crippen molar-refractivity contribution >= 4 is 15.9 Å². The van der Waals surface area contributed by atoms with Crippen LogP contribution in [0, 0.1) is 5.92 Å². The Balaban J connectivity index is 2.62. The highest BCUT2D eigenvalue weighted by molar-refractivity contribution is 9.10. The van der Waals surface area contributed by atoms with Crippen molar-refractivity contribution < 1.29 is 0 Å². The lowest BCUT2D eigenvalue weighted by Gasteiger charge is -2.24. The number of likely N-dealkylation sites (N-methyl/N-ethyl adjacent to an activating group) is 1. The smallest absolute Gasteiger partial charge is 0.0420 e. The fourth-order valence-electron chi connectivity index (χ4n) is 2.15. The molecule has 2 unspecified atom stereocenters. The summed E-state index contributed by atoms with van der Waals surface area (Å²) in [6, 6.07) is 4.71. The molecule has 0 bridgehead atoms. The first kappa shape index (κ1) is 14.7. The van der Waals surface area contributed by atoms with Crippen LogP contribution in [0.3, 0.4) is 0 Å². The van der Waals surface area contributed by atoms with Gasteiger partial charge in [0.1, 0.15) is 0 Å². The Hall–Kier alpha value is -0.410. The van der Waals surface area contributed by atoms with E-state index >= 15 is 0 Å². The molecule has 1 aromatic rings. The zero-order valence-electron chi connectivity index (χ0n) is 11.0. The normalized spacial score (nSPS) is 14.6. The van der Waals surface area contributed by atoms with E-state index in [1.165, 1.54) is 18.5 Å². The van der Waals surface area contributed by atoms with E-state index in [1.807, 2.05) is 6.20 Å². The minimum atomic E-state index is 0.536. The van der Waals surface area contributed by atoms with E-state index < -0.39 is 0 Å². The van der Waals surface area contributed by atoms with Crippen LogP contribution in [0.4, 0.5) is 0 Å². The summed E-state index contributed by atoms with van der Waals surface area (Å²) < 4.78 is 1.04. The van der Waals surface area contributed by atoms with Gasteiger partial charge in [-0.15, -0.1) is 0 Å². The van der Waals surface area contributed by atoms with Gasteiger partial charge in [0.25, 0.3) is 0 Å². The molecule has 1 N–H and O–H groups in total.